The van der Waals surface area contributed by atoms with Crippen LogP contribution < -0.4 is 5.32 Å². The van der Waals surface area contributed by atoms with Crippen LogP contribution >= 0.6 is 0 Å². The van der Waals surface area contributed by atoms with Gasteiger partial charge in [0.15, 0.2) is 0 Å². The number of hydrogen-bond acceptors (Lipinski definition) is 2. The Morgan fingerprint density at radius 3 is 2.10 bits per heavy atom. The molecule has 2 saturated carbocycles. The Morgan fingerprint density at radius 1 is 1.10 bits per heavy atom. The van der Waals surface area contributed by atoms with E-state index in [1.807, 2.05) is 11.8 Å². The van der Waals surface area contributed by atoms with Gasteiger partial charge in [-0.3, -0.25) is 9.59 Å². The summed E-state index contributed by atoms with van der Waals surface area (Å²) in [7, 11) is 0. The number of carbonyl (C=O) groups is 2. The van der Waals surface area contributed by atoms with Crippen LogP contribution in [-0.2, 0) is 9.59 Å². The molecule has 0 radical (unpaired) electrons. The molecule has 3 rings (SSSR count). The fraction of sp³-hybridized carbons (Fsp3) is 0.882. The molecule has 0 bridgehead atoms. The van der Waals surface area contributed by atoms with Gasteiger partial charge in [0, 0.05) is 6.54 Å². The standard InChI is InChI=1S/C17H28N2O2/c1-11-13(20)18-17(8-6-7-9-17)14(21)19(11)10-12-15(2,3)16(12,4)5/h11-12H,6-10H2,1-5H3,(H,18,20). The van der Waals surface area contributed by atoms with Crippen molar-refractivity contribution in [1.29, 1.82) is 0 Å². The first-order valence-electron chi connectivity index (χ1n) is 8.27. The van der Waals surface area contributed by atoms with E-state index in [2.05, 4.69) is 33.0 Å². The smallest absolute Gasteiger partial charge is 0.249 e. The average Bonchev–Trinajstić information content (AvgIpc) is 2.75. The normalized spacial score (nSPS) is 33.4. The molecule has 3 fully saturated rings. The monoisotopic (exact) mass is 292 g/mol. The summed E-state index contributed by atoms with van der Waals surface area (Å²) in [6.07, 6.45) is 3.68. The van der Waals surface area contributed by atoms with Gasteiger partial charge in [-0.25, -0.2) is 0 Å². The van der Waals surface area contributed by atoms with Crippen LogP contribution in [0.2, 0.25) is 0 Å². The Hall–Kier alpha value is -1.06. The van der Waals surface area contributed by atoms with Gasteiger partial charge in [0.25, 0.3) is 0 Å². The molecule has 21 heavy (non-hydrogen) atoms. The summed E-state index contributed by atoms with van der Waals surface area (Å²) in [6, 6.07) is -0.337. The van der Waals surface area contributed by atoms with Crippen LogP contribution in [0.5, 0.6) is 0 Å². The minimum atomic E-state index is -0.591. The van der Waals surface area contributed by atoms with Crippen LogP contribution in [0.25, 0.3) is 0 Å². The molecule has 1 heterocycles. The van der Waals surface area contributed by atoms with Crippen LogP contribution in [0, 0.1) is 16.7 Å². The summed E-state index contributed by atoms with van der Waals surface area (Å²) in [4.78, 5) is 27.2. The second-order valence-electron chi connectivity index (χ2n) is 8.41. The molecule has 4 nitrogen and oxygen atoms in total. The highest BCUT2D eigenvalue weighted by molar-refractivity contribution is 5.99. The Kier molecular flexibility index (Phi) is 3.00. The van der Waals surface area contributed by atoms with Gasteiger partial charge in [-0.2, -0.15) is 0 Å². The highest BCUT2D eigenvalue weighted by Gasteiger charge is 2.66. The number of hydrogen-bond donors (Lipinski definition) is 1. The van der Waals surface area contributed by atoms with E-state index in [1.54, 1.807) is 0 Å². The van der Waals surface area contributed by atoms with Gasteiger partial charge in [0.05, 0.1) is 0 Å². The minimum Gasteiger partial charge on any atom is -0.340 e. The number of carbonyl (C=O) groups excluding carboxylic acids is 2. The first-order valence-corrected chi connectivity index (χ1v) is 8.27. The minimum absolute atomic E-state index is 0.0211. The number of nitrogens with zero attached hydrogens (tertiary/aromatic N) is 1. The van der Waals surface area contributed by atoms with Gasteiger partial charge < -0.3 is 10.2 Å². The quantitative estimate of drug-likeness (QED) is 0.849. The van der Waals surface area contributed by atoms with Crippen molar-refractivity contribution in [2.45, 2.75) is 71.9 Å². The zero-order chi connectivity index (χ0) is 15.6. The molecule has 0 aromatic heterocycles. The lowest BCUT2D eigenvalue weighted by atomic mass is 9.90. The number of amides is 2. The Bertz CT molecular complexity index is 475. The van der Waals surface area contributed by atoms with Crippen LogP contribution in [0.15, 0.2) is 0 Å². The van der Waals surface area contributed by atoms with Crippen molar-refractivity contribution in [3.8, 4) is 0 Å². The van der Waals surface area contributed by atoms with Crippen molar-refractivity contribution < 1.29 is 9.59 Å². The summed E-state index contributed by atoms with van der Waals surface area (Å²) in [5, 5.41) is 3.03. The van der Waals surface area contributed by atoms with Crippen LogP contribution in [0.1, 0.15) is 60.3 Å². The number of rotatable bonds is 2. The van der Waals surface area contributed by atoms with E-state index in [9.17, 15) is 9.59 Å². The molecule has 3 aliphatic rings. The lowest BCUT2D eigenvalue weighted by Gasteiger charge is -2.43. The Balaban J connectivity index is 1.83. The van der Waals surface area contributed by atoms with Crippen molar-refractivity contribution >= 4 is 11.8 Å². The summed E-state index contributed by atoms with van der Waals surface area (Å²) < 4.78 is 0. The molecule has 1 N–H and O–H groups in total. The Labute approximate surface area is 127 Å². The van der Waals surface area contributed by atoms with Crippen molar-refractivity contribution in [1.82, 2.24) is 10.2 Å². The third kappa shape index (κ3) is 1.87. The summed E-state index contributed by atoms with van der Waals surface area (Å²) >= 11 is 0. The molecule has 118 valence electrons. The molecule has 1 atom stereocenters. The molecule has 2 amide bonds. The van der Waals surface area contributed by atoms with E-state index < -0.39 is 5.54 Å². The predicted octanol–water partition coefficient (Wildman–Crippen LogP) is 2.33. The second kappa shape index (κ2) is 4.23. The molecule has 1 spiro atoms. The largest absolute Gasteiger partial charge is 0.340 e. The summed E-state index contributed by atoms with van der Waals surface area (Å²) in [6.45, 7) is 11.6. The van der Waals surface area contributed by atoms with E-state index in [4.69, 9.17) is 0 Å². The molecule has 1 unspecified atom stereocenters. The highest BCUT2D eigenvalue weighted by atomic mass is 16.2. The SMILES string of the molecule is CC1C(=O)NC2(CCCC2)C(=O)N1CC1C(C)(C)C1(C)C. The zero-order valence-corrected chi connectivity index (χ0v) is 14.0. The third-order valence-electron chi connectivity index (χ3n) is 7.04. The molecule has 1 saturated heterocycles. The van der Waals surface area contributed by atoms with Gasteiger partial charge in [-0.15, -0.1) is 0 Å². The van der Waals surface area contributed by atoms with Crippen molar-refractivity contribution in [2.24, 2.45) is 16.7 Å². The third-order valence-corrected chi connectivity index (χ3v) is 7.04. The fourth-order valence-corrected chi connectivity index (χ4v) is 4.53. The van der Waals surface area contributed by atoms with Gasteiger partial charge >= 0.3 is 0 Å². The lowest BCUT2D eigenvalue weighted by molar-refractivity contribution is -0.154. The van der Waals surface area contributed by atoms with E-state index in [1.165, 1.54) is 0 Å². The maximum Gasteiger partial charge on any atom is 0.249 e. The van der Waals surface area contributed by atoms with Gasteiger partial charge in [0.1, 0.15) is 11.6 Å². The highest BCUT2D eigenvalue weighted by Crippen LogP contribution is 2.68. The van der Waals surface area contributed by atoms with E-state index in [-0.39, 0.29) is 28.7 Å². The van der Waals surface area contributed by atoms with E-state index >= 15 is 0 Å². The van der Waals surface area contributed by atoms with Gasteiger partial charge in [-0.1, -0.05) is 40.5 Å². The maximum absolute atomic E-state index is 13.0. The van der Waals surface area contributed by atoms with Crippen molar-refractivity contribution in [2.75, 3.05) is 6.54 Å². The summed E-state index contributed by atoms with van der Waals surface area (Å²) in [5.74, 6) is 0.652. The van der Waals surface area contributed by atoms with E-state index in [0.717, 1.165) is 32.2 Å². The fourth-order valence-electron chi connectivity index (χ4n) is 4.53. The summed E-state index contributed by atoms with van der Waals surface area (Å²) in [5.41, 5.74) is -0.111. The van der Waals surface area contributed by atoms with Crippen LogP contribution in [-0.4, -0.2) is 34.8 Å². The predicted molar refractivity (Wildman–Crippen MR) is 81.6 cm³/mol. The van der Waals surface area contributed by atoms with Crippen LogP contribution in [0.4, 0.5) is 0 Å². The van der Waals surface area contributed by atoms with Crippen LogP contribution in [0.3, 0.4) is 0 Å². The van der Waals surface area contributed by atoms with Gasteiger partial charge in [-0.05, 0) is 36.5 Å². The molecule has 0 aromatic carbocycles. The first-order chi connectivity index (χ1) is 9.63. The lowest BCUT2D eigenvalue weighted by Crippen LogP contribution is -2.69. The molecular formula is C17H28N2O2. The maximum atomic E-state index is 13.0. The van der Waals surface area contributed by atoms with Crippen molar-refractivity contribution in [3.05, 3.63) is 0 Å². The zero-order valence-electron chi connectivity index (χ0n) is 14.0. The molecule has 2 aliphatic carbocycles. The van der Waals surface area contributed by atoms with Gasteiger partial charge in [0.2, 0.25) is 11.8 Å². The average molecular weight is 292 g/mol. The molecule has 1 aliphatic heterocycles. The number of nitrogens with one attached hydrogen (secondary N) is 1. The topological polar surface area (TPSA) is 49.4 Å². The molecule has 0 aromatic rings. The molecule has 4 heteroatoms. The van der Waals surface area contributed by atoms with E-state index in [0.29, 0.717) is 5.92 Å². The second-order valence-corrected chi connectivity index (χ2v) is 8.41. The molecular weight excluding hydrogens is 264 g/mol. The van der Waals surface area contributed by atoms with Crippen molar-refractivity contribution in [3.63, 3.8) is 0 Å². The Morgan fingerprint density at radius 2 is 1.62 bits per heavy atom. The number of piperazine rings is 1. The first kappa shape index (κ1) is 14.9.